The molecule has 1 N–H and O–H groups in total. The van der Waals surface area contributed by atoms with E-state index in [0.29, 0.717) is 38.3 Å². The third-order valence-electron chi connectivity index (χ3n) is 4.41. The second kappa shape index (κ2) is 8.61. The number of rotatable bonds is 5. The molecule has 1 heterocycles. The largest absolute Gasteiger partial charge is 0.336 e. The summed E-state index contributed by atoms with van der Waals surface area (Å²) in [7, 11) is -2.92. The highest BCUT2D eigenvalue weighted by molar-refractivity contribution is 7.73. The lowest BCUT2D eigenvalue weighted by Gasteiger charge is -2.34. The van der Waals surface area contributed by atoms with Gasteiger partial charge in [-0.15, -0.1) is 0 Å². The number of nitrogens with zero attached hydrogens (tertiary/aromatic N) is 2. The summed E-state index contributed by atoms with van der Waals surface area (Å²) < 4.78 is 64.1. The van der Waals surface area contributed by atoms with Crippen LogP contribution in [0.3, 0.4) is 0 Å². The van der Waals surface area contributed by atoms with Crippen LogP contribution in [0.2, 0.25) is 0 Å². The average molecular weight is 413 g/mol. The fourth-order valence-corrected chi connectivity index (χ4v) is 3.45. The second-order valence-electron chi connectivity index (χ2n) is 6.41. The van der Waals surface area contributed by atoms with Gasteiger partial charge in [-0.1, -0.05) is 0 Å². The molecule has 2 aromatic carbocycles. The minimum Gasteiger partial charge on any atom is -0.336 e. The molecule has 0 spiro atoms. The van der Waals surface area contributed by atoms with Crippen LogP contribution in [-0.2, 0) is 17.4 Å². The minimum absolute atomic E-state index is 0.0392. The molecule has 10 heteroatoms. The molecular formula is C18H18F3N3O3S. The fourth-order valence-electron chi connectivity index (χ4n) is 3.10. The maximum absolute atomic E-state index is 14.2. The number of amides is 1. The summed E-state index contributed by atoms with van der Waals surface area (Å²) in [5.41, 5.74) is 0.396. The summed E-state index contributed by atoms with van der Waals surface area (Å²) in [6, 6.07) is 6.84. The van der Waals surface area contributed by atoms with Crippen LogP contribution >= 0.6 is 0 Å². The number of nitrogens with one attached hydrogen (secondary N) is 1. The molecule has 1 aliphatic heterocycles. The van der Waals surface area contributed by atoms with Gasteiger partial charge in [0.1, 0.15) is 17.5 Å². The Morgan fingerprint density at radius 1 is 0.964 bits per heavy atom. The van der Waals surface area contributed by atoms with Gasteiger partial charge in [0.05, 0.1) is 11.3 Å². The standard InChI is InChI=1S/C18H18F3N3O3S/c19-13-7-12(8-14(20)9-13)11-23-3-5-24(6-4-23)18(25)16-2-1-15(10-17(16)21)22-28(26)27/h1-2,7-10,28H,3-6,11H2,(H,22,26,27). The molecule has 0 saturated carbocycles. The number of carbonyl (C=O) groups is 1. The van der Waals surface area contributed by atoms with E-state index >= 15 is 0 Å². The predicted octanol–water partition coefficient (Wildman–Crippen LogP) is 2.00. The van der Waals surface area contributed by atoms with Gasteiger partial charge in [0.2, 0.25) is 10.9 Å². The van der Waals surface area contributed by atoms with Crippen LogP contribution in [0.5, 0.6) is 0 Å². The smallest absolute Gasteiger partial charge is 0.256 e. The topological polar surface area (TPSA) is 69.7 Å². The van der Waals surface area contributed by atoms with E-state index in [9.17, 15) is 26.4 Å². The SMILES string of the molecule is O=C(c1ccc(N[SH](=O)=O)cc1F)N1CCN(Cc2cc(F)cc(F)c2)CC1. The Bertz CT molecular complexity index is 932. The Kier molecular flexibility index (Phi) is 6.20. The van der Waals surface area contributed by atoms with E-state index in [-0.39, 0.29) is 11.3 Å². The average Bonchev–Trinajstić information content (AvgIpc) is 2.60. The Balaban J connectivity index is 1.60. The summed E-state index contributed by atoms with van der Waals surface area (Å²) in [4.78, 5) is 16.0. The molecule has 0 unspecified atom stereocenters. The van der Waals surface area contributed by atoms with Crippen LogP contribution in [-0.4, -0.2) is 50.3 Å². The van der Waals surface area contributed by atoms with Gasteiger partial charge >= 0.3 is 0 Å². The van der Waals surface area contributed by atoms with Crippen molar-refractivity contribution in [3.63, 3.8) is 0 Å². The van der Waals surface area contributed by atoms with Crippen LogP contribution < -0.4 is 4.72 Å². The van der Waals surface area contributed by atoms with Crippen LogP contribution in [0.4, 0.5) is 18.9 Å². The van der Waals surface area contributed by atoms with Gasteiger partial charge in [-0.25, -0.2) is 21.6 Å². The van der Waals surface area contributed by atoms with E-state index in [0.717, 1.165) is 12.1 Å². The predicted molar refractivity (Wildman–Crippen MR) is 97.9 cm³/mol. The highest BCUT2D eigenvalue weighted by Crippen LogP contribution is 2.18. The van der Waals surface area contributed by atoms with Gasteiger partial charge < -0.3 is 4.90 Å². The van der Waals surface area contributed by atoms with Crippen molar-refractivity contribution >= 4 is 22.5 Å². The number of carbonyl (C=O) groups excluding carboxylic acids is 1. The first-order valence-electron chi connectivity index (χ1n) is 8.49. The van der Waals surface area contributed by atoms with Gasteiger partial charge in [0.15, 0.2) is 0 Å². The first kappa shape index (κ1) is 20.2. The molecule has 2 aromatic rings. The summed E-state index contributed by atoms with van der Waals surface area (Å²) in [6.07, 6.45) is 0. The molecule has 1 saturated heterocycles. The van der Waals surface area contributed by atoms with E-state index in [1.54, 1.807) is 0 Å². The Hall–Kier alpha value is -2.59. The Labute approximate surface area is 161 Å². The van der Waals surface area contributed by atoms with E-state index in [4.69, 9.17) is 0 Å². The first-order valence-corrected chi connectivity index (χ1v) is 9.67. The molecule has 28 heavy (non-hydrogen) atoms. The summed E-state index contributed by atoms with van der Waals surface area (Å²) >= 11 is 0. The Morgan fingerprint density at radius 2 is 1.61 bits per heavy atom. The third-order valence-corrected chi connectivity index (χ3v) is 4.85. The molecule has 150 valence electrons. The minimum atomic E-state index is -2.92. The maximum atomic E-state index is 14.2. The van der Waals surface area contributed by atoms with Crippen LogP contribution in [0.1, 0.15) is 15.9 Å². The van der Waals surface area contributed by atoms with Crippen molar-refractivity contribution < 1.29 is 26.4 Å². The molecule has 1 aliphatic rings. The van der Waals surface area contributed by atoms with Crippen molar-refractivity contribution in [2.45, 2.75) is 6.54 Å². The zero-order chi connectivity index (χ0) is 20.3. The fraction of sp³-hybridized carbons (Fsp3) is 0.278. The van der Waals surface area contributed by atoms with Crippen molar-refractivity contribution in [2.24, 2.45) is 0 Å². The van der Waals surface area contributed by atoms with Crippen molar-refractivity contribution in [1.82, 2.24) is 9.80 Å². The Morgan fingerprint density at radius 3 is 2.18 bits per heavy atom. The van der Waals surface area contributed by atoms with Crippen molar-refractivity contribution in [1.29, 1.82) is 0 Å². The molecule has 0 radical (unpaired) electrons. The summed E-state index contributed by atoms with van der Waals surface area (Å²) in [6.45, 7) is 1.97. The lowest BCUT2D eigenvalue weighted by atomic mass is 10.1. The van der Waals surface area contributed by atoms with Gasteiger partial charge in [-0.3, -0.25) is 14.4 Å². The molecule has 1 fully saturated rings. The highest BCUT2D eigenvalue weighted by atomic mass is 32.2. The lowest BCUT2D eigenvalue weighted by molar-refractivity contribution is 0.0624. The van der Waals surface area contributed by atoms with Crippen molar-refractivity contribution in [2.75, 3.05) is 30.9 Å². The van der Waals surface area contributed by atoms with Gasteiger partial charge in [0, 0.05) is 38.8 Å². The number of hydrogen-bond acceptors (Lipinski definition) is 4. The zero-order valence-corrected chi connectivity index (χ0v) is 15.6. The number of halogens is 3. The van der Waals surface area contributed by atoms with Gasteiger partial charge in [-0.2, -0.15) is 0 Å². The van der Waals surface area contributed by atoms with Gasteiger partial charge in [-0.05, 0) is 35.9 Å². The first-order chi connectivity index (χ1) is 13.3. The maximum Gasteiger partial charge on any atom is 0.256 e. The second-order valence-corrected chi connectivity index (χ2v) is 7.15. The quantitative estimate of drug-likeness (QED) is 0.736. The lowest BCUT2D eigenvalue weighted by Crippen LogP contribution is -2.48. The third kappa shape index (κ3) is 5.02. The van der Waals surface area contributed by atoms with Crippen molar-refractivity contribution in [3.8, 4) is 0 Å². The number of piperazine rings is 1. The number of benzene rings is 2. The molecule has 6 nitrogen and oxygen atoms in total. The normalized spacial score (nSPS) is 15.1. The van der Waals surface area contributed by atoms with Crippen LogP contribution in [0.15, 0.2) is 36.4 Å². The summed E-state index contributed by atoms with van der Waals surface area (Å²) in [5.74, 6) is -2.59. The molecule has 0 aliphatic carbocycles. The number of hydrogen-bond donors (Lipinski definition) is 2. The highest BCUT2D eigenvalue weighted by Gasteiger charge is 2.24. The molecule has 3 rings (SSSR count). The molecule has 0 bridgehead atoms. The van der Waals surface area contributed by atoms with E-state index in [1.807, 2.05) is 4.90 Å². The van der Waals surface area contributed by atoms with E-state index in [2.05, 4.69) is 4.72 Å². The number of anilines is 1. The molecule has 0 aromatic heterocycles. The number of thiol groups is 1. The molecule has 0 atom stereocenters. The summed E-state index contributed by atoms with van der Waals surface area (Å²) in [5, 5.41) is 0. The molecule has 1 amide bonds. The van der Waals surface area contributed by atoms with Crippen molar-refractivity contribution in [3.05, 3.63) is 65.0 Å². The van der Waals surface area contributed by atoms with E-state index < -0.39 is 34.2 Å². The van der Waals surface area contributed by atoms with Gasteiger partial charge in [0.25, 0.3) is 5.91 Å². The van der Waals surface area contributed by atoms with Crippen LogP contribution in [0.25, 0.3) is 0 Å². The van der Waals surface area contributed by atoms with E-state index in [1.165, 1.54) is 29.2 Å². The monoisotopic (exact) mass is 413 g/mol. The molecular weight excluding hydrogens is 395 g/mol. The zero-order valence-electron chi connectivity index (χ0n) is 14.7. The van der Waals surface area contributed by atoms with Crippen LogP contribution in [0, 0.1) is 17.5 Å².